The van der Waals surface area contributed by atoms with Crippen LogP contribution >= 0.6 is 15.9 Å². The number of benzene rings is 2. The fraction of sp³-hybridized carbons (Fsp3) is 0.350. The molecule has 0 aliphatic rings. The molecule has 0 radical (unpaired) electrons. The molecule has 0 bridgehead atoms. The van der Waals surface area contributed by atoms with E-state index in [4.69, 9.17) is 4.74 Å². The van der Waals surface area contributed by atoms with Crippen LogP contribution in [0.5, 0.6) is 5.75 Å². The number of methoxy groups -OCH3 is 1. The summed E-state index contributed by atoms with van der Waals surface area (Å²) in [6, 6.07) is 14.5. The first-order valence-corrected chi connectivity index (χ1v) is 9.28. The van der Waals surface area contributed by atoms with Crippen LogP contribution in [0.4, 0.5) is 0 Å². The van der Waals surface area contributed by atoms with Crippen molar-refractivity contribution >= 4 is 21.8 Å². The molecule has 2 aromatic rings. The summed E-state index contributed by atoms with van der Waals surface area (Å²) in [6.07, 6.45) is 0.861. The number of hydrogen-bond acceptors (Lipinski definition) is 2. The Bertz CT molecular complexity index is 719. The Hall–Kier alpha value is -1.85. The van der Waals surface area contributed by atoms with Gasteiger partial charge in [-0.05, 0) is 65.5 Å². The smallest absolute Gasteiger partial charge is 0.275 e. The summed E-state index contributed by atoms with van der Waals surface area (Å²) in [6.45, 7) is 5.27. The molecule has 3 N–H and O–H groups in total. The molecule has 5 heteroatoms. The van der Waals surface area contributed by atoms with Crippen LogP contribution in [0.1, 0.15) is 29.7 Å². The molecular formula is C20H26BrN2O2+. The molecular weight excluding hydrogens is 380 g/mol. The molecule has 0 spiro atoms. The van der Waals surface area contributed by atoms with E-state index in [1.807, 2.05) is 35.6 Å². The zero-order chi connectivity index (χ0) is 18.2. The molecule has 0 fully saturated rings. The standard InChI is InChI=1S/C20H25BrN2O2/c1-14-6-4-5-7-16(14)10-11-22-20(24)13-23-15(2)17-8-9-19(25-3)18(21)12-17/h4-9,12,15,23H,10-11,13H2,1-3H3,(H,22,24)/p+1/t15-/m0/s1. The Morgan fingerprint density at radius 3 is 2.72 bits per heavy atom. The van der Waals surface area contributed by atoms with Gasteiger partial charge in [-0.15, -0.1) is 0 Å². The van der Waals surface area contributed by atoms with Crippen molar-refractivity contribution in [1.82, 2.24) is 5.32 Å². The first kappa shape index (κ1) is 19.5. The minimum Gasteiger partial charge on any atom is -0.496 e. The van der Waals surface area contributed by atoms with E-state index in [9.17, 15) is 4.79 Å². The van der Waals surface area contributed by atoms with E-state index in [-0.39, 0.29) is 11.9 Å². The molecule has 0 heterocycles. The highest BCUT2D eigenvalue weighted by Crippen LogP contribution is 2.27. The van der Waals surface area contributed by atoms with Gasteiger partial charge in [0.25, 0.3) is 5.91 Å². The maximum atomic E-state index is 12.0. The van der Waals surface area contributed by atoms with Gasteiger partial charge in [0, 0.05) is 12.1 Å². The maximum Gasteiger partial charge on any atom is 0.275 e. The van der Waals surface area contributed by atoms with Crippen LogP contribution in [-0.4, -0.2) is 26.1 Å². The third kappa shape index (κ3) is 5.87. The largest absolute Gasteiger partial charge is 0.496 e. The van der Waals surface area contributed by atoms with E-state index in [2.05, 4.69) is 47.2 Å². The number of carbonyl (C=O) groups is 1. The lowest BCUT2D eigenvalue weighted by Crippen LogP contribution is -2.87. The molecule has 1 atom stereocenters. The molecule has 134 valence electrons. The highest BCUT2D eigenvalue weighted by molar-refractivity contribution is 9.10. The zero-order valence-corrected chi connectivity index (χ0v) is 16.6. The Kier molecular flexibility index (Phi) is 7.47. The number of carbonyl (C=O) groups excluding carboxylic acids is 1. The van der Waals surface area contributed by atoms with Gasteiger partial charge in [0.15, 0.2) is 6.54 Å². The Morgan fingerprint density at radius 2 is 2.04 bits per heavy atom. The number of halogens is 1. The predicted octanol–water partition coefficient (Wildman–Crippen LogP) is 2.75. The molecule has 0 aromatic heterocycles. The summed E-state index contributed by atoms with van der Waals surface area (Å²) in [5.74, 6) is 0.873. The summed E-state index contributed by atoms with van der Waals surface area (Å²) in [7, 11) is 1.65. The van der Waals surface area contributed by atoms with Crippen molar-refractivity contribution in [2.24, 2.45) is 0 Å². The summed E-state index contributed by atoms with van der Waals surface area (Å²) in [5.41, 5.74) is 3.70. The van der Waals surface area contributed by atoms with Gasteiger partial charge in [0.05, 0.1) is 11.6 Å². The zero-order valence-electron chi connectivity index (χ0n) is 15.0. The second-order valence-electron chi connectivity index (χ2n) is 6.15. The van der Waals surface area contributed by atoms with Gasteiger partial charge < -0.3 is 15.4 Å². The lowest BCUT2D eigenvalue weighted by Gasteiger charge is -2.13. The van der Waals surface area contributed by atoms with Crippen LogP contribution in [0.3, 0.4) is 0 Å². The van der Waals surface area contributed by atoms with Crippen LogP contribution in [0.2, 0.25) is 0 Å². The van der Waals surface area contributed by atoms with Gasteiger partial charge in [-0.25, -0.2) is 0 Å². The molecule has 0 saturated heterocycles. The number of rotatable bonds is 8. The van der Waals surface area contributed by atoms with Crippen molar-refractivity contribution < 1.29 is 14.8 Å². The van der Waals surface area contributed by atoms with Crippen molar-refractivity contribution in [3.05, 3.63) is 63.6 Å². The molecule has 2 rings (SSSR count). The minimum absolute atomic E-state index is 0.0630. The molecule has 0 unspecified atom stereocenters. The van der Waals surface area contributed by atoms with Crippen molar-refractivity contribution in [2.75, 3.05) is 20.2 Å². The van der Waals surface area contributed by atoms with E-state index in [0.29, 0.717) is 13.1 Å². The molecule has 2 aromatic carbocycles. The Labute approximate surface area is 158 Å². The number of amides is 1. The normalized spacial score (nSPS) is 11.8. The maximum absolute atomic E-state index is 12.0. The summed E-state index contributed by atoms with van der Waals surface area (Å²) in [5, 5.41) is 5.03. The lowest BCUT2D eigenvalue weighted by molar-refractivity contribution is -0.682. The van der Waals surface area contributed by atoms with Crippen LogP contribution in [0, 0.1) is 6.92 Å². The third-order valence-electron chi connectivity index (χ3n) is 4.34. The summed E-state index contributed by atoms with van der Waals surface area (Å²) in [4.78, 5) is 12.0. The molecule has 1 amide bonds. The molecule has 0 saturated carbocycles. The number of ether oxygens (including phenoxy) is 1. The predicted molar refractivity (Wildman–Crippen MR) is 104 cm³/mol. The Morgan fingerprint density at radius 1 is 1.28 bits per heavy atom. The number of nitrogens with one attached hydrogen (secondary N) is 1. The van der Waals surface area contributed by atoms with Gasteiger partial charge in [0.1, 0.15) is 11.8 Å². The number of nitrogens with two attached hydrogens (primary N) is 1. The van der Waals surface area contributed by atoms with Crippen molar-refractivity contribution in [2.45, 2.75) is 26.3 Å². The topological polar surface area (TPSA) is 54.9 Å². The van der Waals surface area contributed by atoms with Crippen LogP contribution in [0.15, 0.2) is 46.9 Å². The highest BCUT2D eigenvalue weighted by Gasteiger charge is 2.13. The SMILES string of the molecule is COc1ccc([C@H](C)[NH2+]CC(=O)NCCc2ccccc2C)cc1Br. The second-order valence-corrected chi connectivity index (χ2v) is 7.00. The monoisotopic (exact) mass is 405 g/mol. The second kappa shape index (κ2) is 9.59. The number of hydrogen-bond donors (Lipinski definition) is 2. The van der Waals surface area contributed by atoms with Gasteiger partial charge in [-0.2, -0.15) is 0 Å². The van der Waals surface area contributed by atoms with Gasteiger partial charge in [-0.1, -0.05) is 24.3 Å². The fourth-order valence-corrected chi connectivity index (χ4v) is 3.24. The Balaban J connectivity index is 1.75. The van der Waals surface area contributed by atoms with Crippen molar-refractivity contribution in [3.63, 3.8) is 0 Å². The van der Waals surface area contributed by atoms with Gasteiger partial charge >= 0.3 is 0 Å². The average molecular weight is 406 g/mol. The molecule has 0 aliphatic carbocycles. The van der Waals surface area contributed by atoms with Crippen LogP contribution in [-0.2, 0) is 11.2 Å². The number of quaternary nitrogens is 1. The van der Waals surface area contributed by atoms with E-state index < -0.39 is 0 Å². The van der Waals surface area contributed by atoms with Crippen molar-refractivity contribution in [3.8, 4) is 5.75 Å². The highest BCUT2D eigenvalue weighted by atomic mass is 79.9. The fourth-order valence-electron chi connectivity index (χ4n) is 2.69. The summed E-state index contributed by atoms with van der Waals surface area (Å²) >= 11 is 3.50. The summed E-state index contributed by atoms with van der Waals surface area (Å²) < 4.78 is 6.17. The van der Waals surface area contributed by atoms with E-state index in [1.54, 1.807) is 7.11 Å². The number of aryl methyl sites for hydroxylation is 1. The quantitative estimate of drug-likeness (QED) is 0.709. The minimum atomic E-state index is 0.0630. The van der Waals surface area contributed by atoms with Crippen LogP contribution in [0.25, 0.3) is 0 Å². The van der Waals surface area contributed by atoms with E-state index in [0.717, 1.165) is 22.2 Å². The first-order valence-electron chi connectivity index (χ1n) is 8.49. The molecule has 0 aliphatic heterocycles. The van der Waals surface area contributed by atoms with E-state index >= 15 is 0 Å². The van der Waals surface area contributed by atoms with E-state index in [1.165, 1.54) is 11.1 Å². The third-order valence-corrected chi connectivity index (χ3v) is 4.96. The van der Waals surface area contributed by atoms with Crippen LogP contribution < -0.4 is 15.4 Å². The first-order chi connectivity index (χ1) is 12.0. The van der Waals surface area contributed by atoms with Crippen molar-refractivity contribution in [1.29, 1.82) is 0 Å². The molecule has 25 heavy (non-hydrogen) atoms. The van der Waals surface area contributed by atoms with Gasteiger partial charge in [-0.3, -0.25) is 4.79 Å². The molecule has 4 nitrogen and oxygen atoms in total. The van der Waals surface area contributed by atoms with Gasteiger partial charge in [0.2, 0.25) is 0 Å². The lowest BCUT2D eigenvalue weighted by atomic mass is 10.1. The average Bonchev–Trinajstić information content (AvgIpc) is 2.61.